The Labute approximate surface area is 188 Å². The lowest BCUT2D eigenvalue weighted by molar-refractivity contribution is 0.00381. The zero-order chi connectivity index (χ0) is 22.5. The standard InChI is InChI=1S/C22H31Cl2N3O3/c1-7-11-27(21(28)30-22(3,4)5)13-19(29-6)14(2)17-12-18(26-25-17)15-9-8-10-16(23)20(15)24/h8-10,12,14,19H,7,11,13H2,1-6H3,(H,25,26). The Morgan fingerprint density at radius 2 is 2.00 bits per heavy atom. The van der Waals surface area contributed by atoms with Gasteiger partial charge in [0.25, 0.3) is 0 Å². The van der Waals surface area contributed by atoms with Gasteiger partial charge in [-0.3, -0.25) is 5.10 Å². The Hall–Kier alpha value is -1.76. The fraction of sp³-hybridized carbons (Fsp3) is 0.545. The number of ether oxygens (including phenoxy) is 2. The number of nitrogens with zero attached hydrogens (tertiary/aromatic N) is 2. The van der Waals surface area contributed by atoms with E-state index in [0.29, 0.717) is 28.8 Å². The number of hydrogen-bond donors (Lipinski definition) is 1. The van der Waals surface area contributed by atoms with Crippen molar-refractivity contribution in [2.24, 2.45) is 0 Å². The smallest absolute Gasteiger partial charge is 0.410 e. The molecule has 1 N–H and O–H groups in total. The van der Waals surface area contributed by atoms with Crippen LogP contribution in [0.2, 0.25) is 10.0 Å². The average Bonchev–Trinajstić information content (AvgIpc) is 3.15. The van der Waals surface area contributed by atoms with Gasteiger partial charge in [-0.2, -0.15) is 5.10 Å². The van der Waals surface area contributed by atoms with E-state index in [9.17, 15) is 4.79 Å². The van der Waals surface area contributed by atoms with Gasteiger partial charge >= 0.3 is 6.09 Å². The normalized spacial score (nSPS) is 13.7. The lowest BCUT2D eigenvalue weighted by Crippen LogP contribution is -2.43. The number of amides is 1. The number of nitrogens with one attached hydrogen (secondary N) is 1. The number of aromatic amines is 1. The van der Waals surface area contributed by atoms with Crippen molar-refractivity contribution in [1.82, 2.24) is 15.1 Å². The first kappa shape index (κ1) is 24.5. The van der Waals surface area contributed by atoms with Crippen LogP contribution in [-0.2, 0) is 9.47 Å². The molecule has 0 aliphatic carbocycles. The Morgan fingerprint density at radius 3 is 2.60 bits per heavy atom. The maximum Gasteiger partial charge on any atom is 0.410 e. The number of methoxy groups -OCH3 is 1. The highest BCUT2D eigenvalue weighted by Gasteiger charge is 2.28. The Bertz CT molecular complexity index is 848. The van der Waals surface area contributed by atoms with Gasteiger partial charge in [-0.1, -0.05) is 49.2 Å². The first-order valence-corrected chi connectivity index (χ1v) is 10.8. The fourth-order valence-corrected chi connectivity index (χ4v) is 3.51. The number of benzene rings is 1. The van der Waals surface area contributed by atoms with Crippen molar-refractivity contribution in [1.29, 1.82) is 0 Å². The summed E-state index contributed by atoms with van der Waals surface area (Å²) in [7, 11) is 1.64. The molecule has 8 heteroatoms. The number of halogens is 2. The largest absolute Gasteiger partial charge is 0.444 e. The van der Waals surface area contributed by atoms with Gasteiger partial charge in [0, 0.05) is 30.8 Å². The number of H-pyrrole nitrogens is 1. The molecule has 0 spiro atoms. The molecule has 0 aliphatic rings. The number of carbonyl (C=O) groups is 1. The van der Waals surface area contributed by atoms with Crippen molar-refractivity contribution in [2.75, 3.05) is 20.2 Å². The third kappa shape index (κ3) is 6.37. The van der Waals surface area contributed by atoms with E-state index in [1.807, 2.05) is 52.8 Å². The molecular weight excluding hydrogens is 425 g/mol. The van der Waals surface area contributed by atoms with Crippen molar-refractivity contribution >= 4 is 29.3 Å². The highest BCUT2D eigenvalue weighted by atomic mass is 35.5. The van der Waals surface area contributed by atoms with E-state index in [2.05, 4.69) is 10.2 Å². The molecule has 0 bridgehead atoms. The molecule has 0 radical (unpaired) electrons. The molecule has 0 aliphatic heterocycles. The number of rotatable bonds is 8. The summed E-state index contributed by atoms with van der Waals surface area (Å²) in [4.78, 5) is 14.3. The molecule has 2 atom stereocenters. The molecule has 6 nitrogen and oxygen atoms in total. The van der Waals surface area contributed by atoms with Gasteiger partial charge in [0.15, 0.2) is 0 Å². The molecule has 30 heavy (non-hydrogen) atoms. The molecule has 0 fully saturated rings. The van der Waals surface area contributed by atoms with E-state index in [-0.39, 0.29) is 18.1 Å². The summed E-state index contributed by atoms with van der Waals surface area (Å²) in [6.45, 7) is 10.6. The Kier molecular flexibility index (Phi) is 8.59. The predicted octanol–water partition coefficient (Wildman–Crippen LogP) is 6.15. The highest BCUT2D eigenvalue weighted by molar-refractivity contribution is 6.43. The van der Waals surface area contributed by atoms with Crippen molar-refractivity contribution in [3.63, 3.8) is 0 Å². The highest BCUT2D eigenvalue weighted by Crippen LogP contribution is 2.34. The van der Waals surface area contributed by atoms with Crippen LogP contribution in [0.4, 0.5) is 4.79 Å². The first-order valence-electron chi connectivity index (χ1n) is 10.1. The molecule has 1 heterocycles. The van der Waals surface area contributed by atoms with Gasteiger partial charge in [-0.15, -0.1) is 0 Å². The van der Waals surface area contributed by atoms with Crippen molar-refractivity contribution < 1.29 is 14.3 Å². The minimum atomic E-state index is -0.550. The summed E-state index contributed by atoms with van der Waals surface area (Å²) >= 11 is 12.5. The fourth-order valence-electron chi connectivity index (χ4n) is 3.12. The number of hydrogen-bond acceptors (Lipinski definition) is 4. The summed E-state index contributed by atoms with van der Waals surface area (Å²) in [6, 6.07) is 7.39. The molecule has 166 valence electrons. The van der Waals surface area contributed by atoms with E-state index < -0.39 is 5.60 Å². The molecule has 2 aromatic rings. The van der Waals surface area contributed by atoms with Crippen LogP contribution in [0.25, 0.3) is 11.3 Å². The van der Waals surface area contributed by atoms with Crippen molar-refractivity contribution in [2.45, 2.75) is 58.7 Å². The van der Waals surface area contributed by atoms with E-state index in [1.165, 1.54) is 0 Å². The van der Waals surface area contributed by atoms with Crippen molar-refractivity contribution in [3.05, 3.63) is 40.0 Å². The molecule has 1 aromatic carbocycles. The van der Waals surface area contributed by atoms with Gasteiger partial charge in [-0.05, 0) is 39.3 Å². The summed E-state index contributed by atoms with van der Waals surface area (Å²) in [6.07, 6.45) is 0.243. The average molecular weight is 456 g/mol. The number of carbonyl (C=O) groups excluding carboxylic acids is 1. The minimum absolute atomic E-state index is 0.0454. The molecule has 2 rings (SSSR count). The molecule has 2 unspecified atom stereocenters. The van der Waals surface area contributed by atoms with Gasteiger partial charge < -0.3 is 14.4 Å². The Morgan fingerprint density at radius 1 is 1.30 bits per heavy atom. The van der Waals surface area contributed by atoms with Crippen LogP contribution < -0.4 is 0 Å². The SMILES string of the molecule is CCCN(CC(OC)C(C)c1cc(-c2cccc(Cl)c2Cl)n[nH]1)C(=O)OC(C)(C)C. The van der Waals surface area contributed by atoms with Crippen LogP contribution in [0.5, 0.6) is 0 Å². The van der Waals surface area contributed by atoms with E-state index in [4.69, 9.17) is 32.7 Å². The van der Waals surface area contributed by atoms with Gasteiger partial charge in [0.05, 0.1) is 28.4 Å². The topological polar surface area (TPSA) is 67.5 Å². The third-order valence-corrected chi connectivity index (χ3v) is 5.54. The second kappa shape index (κ2) is 10.5. The van der Waals surface area contributed by atoms with Crippen LogP contribution >= 0.6 is 23.2 Å². The van der Waals surface area contributed by atoms with Crippen LogP contribution in [0, 0.1) is 0 Å². The summed E-state index contributed by atoms with van der Waals surface area (Å²) in [5.74, 6) is -0.0454. The van der Waals surface area contributed by atoms with Gasteiger partial charge in [0.2, 0.25) is 0 Å². The van der Waals surface area contributed by atoms with Gasteiger partial charge in [0.1, 0.15) is 5.60 Å². The second-order valence-corrected chi connectivity index (χ2v) is 9.08. The van der Waals surface area contributed by atoms with E-state index in [1.54, 1.807) is 18.1 Å². The predicted molar refractivity (Wildman–Crippen MR) is 121 cm³/mol. The summed E-state index contributed by atoms with van der Waals surface area (Å²) < 4.78 is 11.3. The second-order valence-electron chi connectivity index (χ2n) is 8.30. The third-order valence-electron chi connectivity index (χ3n) is 4.72. The van der Waals surface area contributed by atoms with E-state index in [0.717, 1.165) is 17.7 Å². The zero-order valence-corrected chi connectivity index (χ0v) is 20.0. The minimum Gasteiger partial charge on any atom is -0.444 e. The molecule has 0 saturated carbocycles. The first-order chi connectivity index (χ1) is 14.1. The quantitative estimate of drug-likeness (QED) is 0.518. The van der Waals surface area contributed by atoms with E-state index >= 15 is 0 Å². The lowest BCUT2D eigenvalue weighted by atomic mass is 9.99. The zero-order valence-electron chi connectivity index (χ0n) is 18.5. The van der Waals surface area contributed by atoms with Crippen LogP contribution in [0.15, 0.2) is 24.3 Å². The monoisotopic (exact) mass is 455 g/mol. The maximum absolute atomic E-state index is 12.6. The summed E-state index contributed by atoms with van der Waals surface area (Å²) in [5.41, 5.74) is 1.80. The Balaban J connectivity index is 2.19. The molecule has 1 aromatic heterocycles. The molecular formula is C22H31Cl2N3O3. The van der Waals surface area contributed by atoms with Gasteiger partial charge in [-0.25, -0.2) is 4.79 Å². The van der Waals surface area contributed by atoms with Crippen molar-refractivity contribution in [3.8, 4) is 11.3 Å². The molecule has 1 amide bonds. The van der Waals surface area contributed by atoms with Crippen LogP contribution in [0.3, 0.4) is 0 Å². The molecule has 0 saturated heterocycles. The maximum atomic E-state index is 12.6. The lowest BCUT2D eigenvalue weighted by Gasteiger charge is -2.31. The van der Waals surface area contributed by atoms with Crippen LogP contribution in [0.1, 0.15) is 52.7 Å². The number of aromatic nitrogens is 2. The van der Waals surface area contributed by atoms with Crippen LogP contribution in [-0.4, -0.2) is 53.1 Å². The summed E-state index contributed by atoms with van der Waals surface area (Å²) in [5, 5.41) is 8.41.